The number of aromatic nitrogens is 3. The standard InChI is InChI=1S/C17H13F4N5/c1-9-8-12(10-2-4-11(18)5-3-10)13(14-22-6-7-23-14)15-24-16(17(19,20)21)25-26(9)15/h2-5,8H,6-7H2,1H3,(H,22,23). The van der Waals surface area contributed by atoms with Crippen LogP contribution in [0.15, 0.2) is 35.3 Å². The third-order valence-corrected chi connectivity index (χ3v) is 4.11. The molecule has 0 aliphatic carbocycles. The van der Waals surface area contributed by atoms with Gasteiger partial charge in [0.15, 0.2) is 5.65 Å². The van der Waals surface area contributed by atoms with E-state index in [1.54, 1.807) is 25.1 Å². The molecule has 3 aromatic rings. The maximum absolute atomic E-state index is 13.3. The fourth-order valence-electron chi connectivity index (χ4n) is 2.96. The van der Waals surface area contributed by atoms with Crippen LogP contribution in [0.3, 0.4) is 0 Å². The molecule has 3 heterocycles. The summed E-state index contributed by atoms with van der Waals surface area (Å²) < 4.78 is 53.8. The molecule has 0 atom stereocenters. The van der Waals surface area contributed by atoms with E-state index < -0.39 is 17.8 Å². The molecule has 0 amide bonds. The van der Waals surface area contributed by atoms with E-state index in [2.05, 4.69) is 20.4 Å². The summed E-state index contributed by atoms with van der Waals surface area (Å²) >= 11 is 0. The number of aryl methyl sites for hydroxylation is 1. The largest absolute Gasteiger partial charge is 0.453 e. The van der Waals surface area contributed by atoms with Crippen molar-refractivity contribution in [1.82, 2.24) is 19.9 Å². The fraction of sp³-hybridized carbons (Fsp3) is 0.235. The van der Waals surface area contributed by atoms with E-state index in [1.165, 1.54) is 12.1 Å². The van der Waals surface area contributed by atoms with Crippen molar-refractivity contribution < 1.29 is 17.6 Å². The third-order valence-electron chi connectivity index (χ3n) is 4.11. The first kappa shape index (κ1) is 16.5. The highest BCUT2D eigenvalue weighted by Gasteiger charge is 2.37. The number of benzene rings is 1. The molecule has 0 fully saturated rings. The lowest BCUT2D eigenvalue weighted by Gasteiger charge is -2.13. The lowest BCUT2D eigenvalue weighted by molar-refractivity contribution is -0.144. The lowest BCUT2D eigenvalue weighted by atomic mass is 9.99. The lowest BCUT2D eigenvalue weighted by Crippen LogP contribution is -2.21. The van der Waals surface area contributed by atoms with Gasteiger partial charge >= 0.3 is 6.18 Å². The molecule has 1 aromatic carbocycles. The molecule has 26 heavy (non-hydrogen) atoms. The van der Waals surface area contributed by atoms with Crippen molar-refractivity contribution in [1.29, 1.82) is 0 Å². The topological polar surface area (TPSA) is 54.6 Å². The maximum atomic E-state index is 13.3. The zero-order chi connectivity index (χ0) is 18.5. The van der Waals surface area contributed by atoms with Crippen LogP contribution in [0, 0.1) is 12.7 Å². The van der Waals surface area contributed by atoms with Crippen LogP contribution < -0.4 is 5.32 Å². The Kier molecular flexibility index (Phi) is 3.67. The van der Waals surface area contributed by atoms with Crippen molar-refractivity contribution in [3.05, 3.63) is 53.2 Å². The van der Waals surface area contributed by atoms with Gasteiger partial charge in [0, 0.05) is 12.2 Å². The fourth-order valence-corrected chi connectivity index (χ4v) is 2.96. The molecule has 1 aliphatic rings. The van der Waals surface area contributed by atoms with Gasteiger partial charge in [0.1, 0.15) is 11.7 Å². The molecule has 0 spiro atoms. The van der Waals surface area contributed by atoms with Gasteiger partial charge < -0.3 is 5.32 Å². The molecule has 134 valence electrons. The molecule has 1 N–H and O–H groups in total. The average Bonchev–Trinajstić information content (AvgIpc) is 3.25. The SMILES string of the molecule is Cc1cc(-c2ccc(F)cc2)c(C2=NCCN2)c2nc(C(F)(F)F)nn12. The van der Waals surface area contributed by atoms with Crippen LogP contribution in [0.5, 0.6) is 0 Å². The normalized spacial score (nSPS) is 14.6. The highest BCUT2D eigenvalue weighted by Crippen LogP contribution is 2.32. The predicted molar refractivity (Wildman–Crippen MR) is 87.5 cm³/mol. The minimum Gasteiger partial charge on any atom is -0.368 e. The zero-order valence-electron chi connectivity index (χ0n) is 13.6. The molecule has 1 aliphatic heterocycles. The van der Waals surface area contributed by atoms with Crippen molar-refractivity contribution >= 4 is 11.5 Å². The molecule has 2 aromatic heterocycles. The van der Waals surface area contributed by atoms with E-state index in [0.29, 0.717) is 41.3 Å². The summed E-state index contributed by atoms with van der Waals surface area (Å²) in [4.78, 5) is 8.06. The molecular formula is C17H13F4N5. The highest BCUT2D eigenvalue weighted by molar-refractivity contribution is 6.10. The molecule has 0 saturated heterocycles. The summed E-state index contributed by atoms with van der Waals surface area (Å²) in [5.41, 5.74) is 2.22. The number of fused-ring (bicyclic) bond motifs is 1. The van der Waals surface area contributed by atoms with Gasteiger partial charge in [-0.15, -0.1) is 5.10 Å². The quantitative estimate of drug-likeness (QED) is 0.712. The molecule has 5 nitrogen and oxygen atoms in total. The number of nitrogens with one attached hydrogen (secondary N) is 1. The van der Waals surface area contributed by atoms with Gasteiger partial charge in [0.05, 0.1) is 12.1 Å². The Morgan fingerprint density at radius 2 is 1.88 bits per heavy atom. The van der Waals surface area contributed by atoms with Gasteiger partial charge in [-0.25, -0.2) is 13.9 Å². The molecule has 0 saturated carbocycles. The second-order valence-electron chi connectivity index (χ2n) is 5.91. The smallest absolute Gasteiger partial charge is 0.368 e. The first-order valence-corrected chi connectivity index (χ1v) is 7.87. The molecule has 4 rings (SSSR count). The van der Waals surface area contributed by atoms with E-state index in [1.807, 2.05) is 0 Å². The summed E-state index contributed by atoms with van der Waals surface area (Å²) in [5, 5.41) is 6.67. The molecule has 0 unspecified atom stereocenters. The molecular weight excluding hydrogens is 350 g/mol. The Labute approximate surface area is 145 Å². The number of rotatable bonds is 2. The summed E-state index contributed by atoms with van der Waals surface area (Å²) in [7, 11) is 0. The molecule has 0 bridgehead atoms. The number of amidine groups is 1. The number of hydrogen-bond donors (Lipinski definition) is 1. The number of halogens is 4. The van der Waals surface area contributed by atoms with Gasteiger partial charge in [-0.2, -0.15) is 13.2 Å². The summed E-state index contributed by atoms with van der Waals surface area (Å²) in [6.45, 7) is 2.74. The predicted octanol–water partition coefficient (Wildman–Crippen LogP) is 3.21. The number of aliphatic imine (C=N–C) groups is 1. The van der Waals surface area contributed by atoms with Gasteiger partial charge in [-0.1, -0.05) is 12.1 Å². The Morgan fingerprint density at radius 3 is 2.50 bits per heavy atom. The summed E-state index contributed by atoms with van der Waals surface area (Å²) in [6, 6.07) is 7.44. The first-order chi connectivity index (χ1) is 12.3. The third kappa shape index (κ3) is 2.69. The number of hydrogen-bond acceptors (Lipinski definition) is 4. The summed E-state index contributed by atoms with van der Waals surface area (Å²) in [6.07, 6.45) is -4.66. The Balaban J connectivity index is 2.04. The molecule has 0 radical (unpaired) electrons. The Morgan fingerprint density at radius 1 is 1.15 bits per heavy atom. The van der Waals surface area contributed by atoms with Crippen LogP contribution in [-0.4, -0.2) is 33.5 Å². The van der Waals surface area contributed by atoms with Crippen LogP contribution in [0.4, 0.5) is 17.6 Å². The van der Waals surface area contributed by atoms with Crippen LogP contribution >= 0.6 is 0 Å². The van der Waals surface area contributed by atoms with Gasteiger partial charge in [-0.3, -0.25) is 4.99 Å². The van der Waals surface area contributed by atoms with Gasteiger partial charge in [0.2, 0.25) is 0 Å². The van der Waals surface area contributed by atoms with Crippen molar-refractivity contribution in [3.63, 3.8) is 0 Å². The Bertz CT molecular complexity index is 1020. The van der Waals surface area contributed by atoms with E-state index in [0.717, 1.165) is 4.52 Å². The number of alkyl halides is 3. The van der Waals surface area contributed by atoms with Crippen molar-refractivity contribution in [2.24, 2.45) is 4.99 Å². The van der Waals surface area contributed by atoms with Crippen LogP contribution in [-0.2, 0) is 6.18 Å². The van der Waals surface area contributed by atoms with Crippen LogP contribution in [0.1, 0.15) is 17.1 Å². The average molecular weight is 363 g/mol. The minimum absolute atomic E-state index is 0.0600. The van der Waals surface area contributed by atoms with Crippen molar-refractivity contribution in [3.8, 4) is 11.1 Å². The van der Waals surface area contributed by atoms with Crippen molar-refractivity contribution in [2.75, 3.05) is 13.1 Å². The monoisotopic (exact) mass is 363 g/mol. The zero-order valence-corrected chi connectivity index (χ0v) is 13.6. The first-order valence-electron chi connectivity index (χ1n) is 7.87. The summed E-state index contributed by atoms with van der Waals surface area (Å²) in [5.74, 6) is -1.15. The van der Waals surface area contributed by atoms with E-state index in [4.69, 9.17) is 0 Å². The second kappa shape index (κ2) is 5.79. The second-order valence-corrected chi connectivity index (χ2v) is 5.91. The van der Waals surface area contributed by atoms with Gasteiger partial charge in [0.25, 0.3) is 5.82 Å². The van der Waals surface area contributed by atoms with E-state index >= 15 is 0 Å². The van der Waals surface area contributed by atoms with Crippen LogP contribution in [0.2, 0.25) is 0 Å². The van der Waals surface area contributed by atoms with Crippen molar-refractivity contribution in [2.45, 2.75) is 13.1 Å². The number of nitrogens with zero attached hydrogens (tertiary/aromatic N) is 4. The Hall–Kier alpha value is -2.97. The number of pyridine rings is 1. The minimum atomic E-state index is -4.66. The van der Waals surface area contributed by atoms with Gasteiger partial charge in [-0.05, 0) is 36.2 Å². The van der Waals surface area contributed by atoms with E-state index in [9.17, 15) is 17.6 Å². The van der Waals surface area contributed by atoms with Crippen LogP contribution in [0.25, 0.3) is 16.8 Å². The maximum Gasteiger partial charge on any atom is 0.453 e. The van der Waals surface area contributed by atoms with E-state index in [-0.39, 0.29) is 5.65 Å². The molecule has 9 heteroatoms. The highest BCUT2D eigenvalue weighted by atomic mass is 19.4.